The van der Waals surface area contributed by atoms with Gasteiger partial charge in [-0.3, -0.25) is 9.59 Å². The molecule has 1 heterocycles. The first-order chi connectivity index (χ1) is 13.2. The van der Waals surface area contributed by atoms with Crippen molar-refractivity contribution in [3.05, 3.63) is 44.5 Å². The molecule has 0 spiro atoms. The number of rotatable bonds is 8. The van der Waals surface area contributed by atoms with Gasteiger partial charge in [-0.2, -0.15) is 13.2 Å². The molecule has 0 radical (unpaired) electrons. The lowest BCUT2D eigenvalue weighted by Crippen LogP contribution is -2.25. The van der Waals surface area contributed by atoms with Gasteiger partial charge in [-0.15, -0.1) is 0 Å². The second-order valence-corrected chi connectivity index (χ2v) is 7.17. The van der Waals surface area contributed by atoms with Gasteiger partial charge in [0, 0.05) is 37.1 Å². The maximum absolute atomic E-state index is 13.1. The molecular weight excluding hydrogens is 391 g/mol. The van der Waals surface area contributed by atoms with Crippen molar-refractivity contribution in [1.82, 2.24) is 4.57 Å². The number of hydrogen-bond acceptors (Lipinski definition) is 4. The average Bonchev–Trinajstić information content (AvgIpc) is 2.95. The zero-order chi connectivity index (χ0) is 20.9. The van der Waals surface area contributed by atoms with Crippen LogP contribution in [-0.2, 0) is 17.5 Å². The summed E-state index contributed by atoms with van der Waals surface area (Å²) in [5.74, 6) is -0.381. The third-order valence-electron chi connectivity index (χ3n) is 4.46. The summed E-state index contributed by atoms with van der Waals surface area (Å²) in [6, 6.07) is 3.38. The summed E-state index contributed by atoms with van der Waals surface area (Å²) in [4.78, 5) is 25.8. The van der Waals surface area contributed by atoms with E-state index < -0.39 is 11.7 Å². The van der Waals surface area contributed by atoms with Crippen molar-refractivity contribution in [1.29, 1.82) is 0 Å². The molecule has 0 saturated carbocycles. The first-order valence-corrected chi connectivity index (χ1v) is 9.96. The average molecular weight is 415 g/mol. The van der Waals surface area contributed by atoms with E-state index in [1.54, 1.807) is 9.95 Å². The molecule has 1 amide bonds. The van der Waals surface area contributed by atoms with E-state index in [1.807, 2.05) is 25.7 Å². The van der Waals surface area contributed by atoms with Crippen LogP contribution in [-0.4, -0.2) is 23.6 Å². The molecule has 28 heavy (non-hydrogen) atoms. The Kier molecular flexibility index (Phi) is 7.29. The zero-order valence-corrected chi connectivity index (χ0v) is 16.9. The zero-order valence-electron chi connectivity index (χ0n) is 16.1. The van der Waals surface area contributed by atoms with Gasteiger partial charge >= 0.3 is 11.0 Å². The predicted octanol–water partition coefficient (Wildman–Crippen LogP) is 4.50. The van der Waals surface area contributed by atoms with E-state index in [0.29, 0.717) is 31.7 Å². The molecule has 5 nitrogen and oxygen atoms in total. The van der Waals surface area contributed by atoms with E-state index in [1.165, 1.54) is 6.07 Å². The highest BCUT2D eigenvalue weighted by Crippen LogP contribution is 2.35. The molecule has 0 fully saturated rings. The van der Waals surface area contributed by atoms with Crippen LogP contribution >= 0.6 is 11.3 Å². The Morgan fingerprint density at radius 2 is 1.93 bits per heavy atom. The van der Waals surface area contributed by atoms with Gasteiger partial charge in [-0.25, -0.2) is 0 Å². The highest BCUT2D eigenvalue weighted by Gasteiger charge is 2.31. The Morgan fingerprint density at radius 1 is 1.25 bits per heavy atom. The highest BCUT2D eigenvalue weighted by atomic mass is 32.1. The minimum Gasteiger partial charge on any atom is -0.370 e. The number of alkyl halides is 3. The largest absolute Gasteiger partial charge is 0.416 e. The van der Waals surface area contributed by atoms with E-state index >= 15 is 0 Å². The fraction of sp³-hybridized carbons (Fsp3) is 0.474. The van der Waals surface area contributed by atoms with E-state index in [0.717, 1.165) is 29.2 Å². The topological polar surface area (TPSA) is 54.3 Å². The van der Waals surface area contributed by atoms with Crippen LogP contribution in [0.2, 0.25) is 0 Å². The molecule has 9 heteroatoms. The summed E-state index contributed by atoms with van der Waals surface area (Å²) in [5, 5.41) is 4.37. The van der Waals surface area contributed by atoms with Gasteiger partial charge in [-0.1, -0.05) is 11.3 Å². The Bertz CT molecular complexity index is 870. The Morgan fingerprint density at radius 3 is 2.46 bits per heavy atom. The first-order valence-electron chi connectivity index (χ1n) is 9.08. The van der Waals surface area contributed by atoms with Crippen LogP contribution in [0, 0.1) is 6.92 Å². The minimum atomic E-state index is -4.49. The molecular formula is C19H24F3N3O2S. The van der Waals surface area contributed by atoms with Crippen LogP contribution in [0.3, 0.4) is 0 Å². The monoisotopic (exact) mass is 415 g/mol. The third kappa shape index (κ3) is 5.37. The first kappa shape index (κ1) is 22.0. The number of amides is 1. The molecule has 2 rings (SSSR count). The maximum Gasteiger partial charge on any atom is 0.416 e. The van der Waals surface area contributed by atoms with E-state index in [-0.39, 0.29) is 22.9 Å². The van der Waals surface area contributed by atoms with Gasteiger partial charge in [0.2, 0.25) is 5.91 Å². The van der Waals surface area contributed by atoms with Crippen LogP contribution in [0.5, 0.6) is 0 Å². The molecule has 1 aromatic carbocycles. The van der Waals surface area contributed by atoms with Crippen molar-refractivity contribution in [3.8, 4) is 0 Å². The van der Waals surface area contributed by atoms with Crippen LogP contribution in [0.25, 0.3) is 0 Å². The summed E-state index contributed by atoms with van der Waals surface area (Å²) >= 11 is 1.10. The molecule has 0 aliphatic heterocycles. The van der Waals surface area contributed by atoms with Gasteiger partial charge in [-0.05, 0) is 45.4 Å². The van der Waals surface area contributed by atoms with Gasteiger partial charge < -0.3 is 14.8 Å². The molecule has 2 aromatic rings. The molecule has 0 bridgehead atoms. The third-order valence-corrected chi connectivity index (χ3v) is 5.35. The van der Waals surface area contributed by atoms with Gasteiger partial charge in [0.15, 0.2) is 0 Å². The van der Waals surface area contributed by atoms with Crippen molar-refractivity contribution >= 4 is 28.6 Å². The molecule has 1 aromatic heterocycles. The van der Waals surface area contributed by atoms with E-state index in [2.05, 4.69) is 5.32 Å². The molecule has 0 aliphatic rings. The number of halogens is 3. The summed E-state index contributed by atoms with van der Waals surface area (Å²) in [6.45, 7) is 7.21. The lowest BCUT2D eigenvalue weighted by atomic mass is 10.1. The van der Waals surface area contributed by atoms with E-state index in [4.69, 9.17) is 0 Å². The second-order valence-electron chi connectivity index (χ2n) is 6.35. The summed E-state index contributed by atoms with van der Waals surface area (Å²) in [7, 11) is 0. The number of thiazole rings is 1. The van der Waals surface area contributed by atoms with Gasteiger partial charge in [0.1, 0.15) is 0 Å². The number of aryl methyl sites for hydroxylation is 1. The van der Waals surface area contributed by atoms with Crippen molar-refractivity contribution in [2.24, 2.45) is 0 Å². The fourth-order valence-electron chi connectivity index (χ4n) is 2.94. The smallest absolute Gasteiger partial charge is 0.370 e. The lowest BCUT2D eigenvalue weighted by Gasteiger charge is -2.25. The van der Waals surface area contributed by atoms with Gasteiger partial charge in [0.25, 0.3) is 0 Å². The standard InChI is InChI=1S/C19H24F3N3O2S/c1-4-24(5-2)16-9-8-14(19(20,21)22)11-15(16)23-17(26)7-6-10-25-13(3)12-28-18(25)27/h8-9,11-12H,4-7,10H2,1-3H3,(H,23,26). The van der Waals surface area contributed by atoms with Crippen LogP contribution in [0.4, 0.5) is 24.5 Å². The molecule has 0 atom stereocenters. The van der Waals surface area contributed by atoms with Crippen molar-refractivity contribution in [2.45, 2.75) is 46.3 Å². The van der Waals surface area contributed by atoms with Crippen molar-refractivity contribution < 1.29 is 18.0 Å². The number of hydrogen-bond donors (Lipinski definition) is 1. The quantitative estimate of drug-likeness (QED) is 0.691. The van der Waals surface area contributed by atoms with Crippen molar-refractivity contribution in [3.63, 3.8) is 0 Å². The highest BCUT2D eigenvalue weighted by molar-refractivity contribution is 7.07. The molecule has 0 saturated heterocycles. The predicted molar refractivity (Wildman–Crippen MR) is 106 cm³/mol. The molecule has 0 unspecified atom stereocenters. The number of anilines is 2. The van der Waals surface area contributed by atoms with Gasteiger partial charge in [0.05, 0.1) is 16.9 Å². The van der Waals surface area contributed by atoms with Crippen LogP contribution < -0.4 is 15.1 Å². The number of benzene rings is 1. The second kappa shape index (κ2) is 9.27. The number of nitrogens with one attached hydrogen (secondary N) is 1. The summed E-state index contributed by atoms with van der Waals surface area (Å²) < 4.78 is 40.8. The van der Waals surface area contributed by atoms with E-state index in [9.17, 15) is 22.8 Å². The normalized spacial score (nSPS) is 11.5. The Balaban J connectivity index is 2.13. The Labute approximate surface area is 165 Å². The molecule has 0 aliphatic carbocycles. The number of carbonyl (C=O) groups excluding carboxylic acids is 1. The number of aromatic nitrogens is 1. The van der Waals surface area contributed by atoms with Crippen molar-refractivity contribution in [2.75, 3.05) is 23.3 Å². The SMILES string of the molecule is CCN(CC)c1ccc(C(F)(F)F)cc1NC(=O)CCCn1c(C)csc1=O. The lowest BCUT2D eigenvalue weighted by molar-refractivity contribution is -0.137. The number of carbonyl (C=O) groups is 1. The maximum atomic E-state index is 13.1. The van der Waals surface area contributed by atoms with Crippen LogP contribution in [0.1, 0.15) is 37.9 Å². The summed E-state index contributed by atoms with van der Waals surface area (Å²) in [5.41, 5.74) is 0.722. The minimum absolute atomic E-state index is 0.0837. The summed E-state index contributed by atoms with van der Waals surface area (Å²) in [6.07, 6.45) is -3.96. The Hall–Kier alpha value is -2.29. The molecule has 154 valence electrons. The number of nitrogens with zero attached hydrogens (tertiary/aromatic N) is 2. The fourth-order valence-corrected chi connectivity index (χ4v) is 3.70. The molecule has 1 N–H and O–H groups in total. The van der Waals surface area contributed by atoms with Crippen LogP contribution in [0.15, 0.2) is 28.4 Å².